The third kappa shape index (κ3) is 46.2. The van der Waals surface area contributed by atoms with Crippen molar-refractivity contribution in [3.05, 3.63) is 60.8 Å². The summed E-state index contributed by atoms with van der Waals surface area (Å²) >= 11 is 0. The van der Waals surface area contributed by atoms with Gasteiger partial charge in [0.2, 0.25) is 0 Å². The molecule has 66 heavy (non-hydrogen) atoms. The maximum absolute atomic E-state index is 12.8. The molecule has 0 radical (unpaired) electrons. The molecule has 0 aromatic carbocycles. The zero-order valence-corrected chi connectivity index (χ0v) is 43.6. The quantitative estimate of drug-likeness (QED) is 0.0281. The Kier molecular flexibility index (Phi) is 46.3. The van der Waals surface area contributed by atoms with Crippen molar-refractivity contribution in [1.82, 2.24) is 0 Å². The van der Waals surface area contributed by atoms with Crippen molar-refractivity contribution in [2.45, 2.75) is 251 Å². The van der Waals surface area contributed by atoms with Crippen LogP contribution < -0.4 is 0 Å². The van der Waals surface area contributed by atoms with E-state index in [1.165, 1.54) is 135 Å². The average Bonchev–Trinajstić information content (AvgIpc) is 3.28. The molecule has 2 atom stereocenters. The molecule has 0 aliphatic rings. The number of unbranched alkanes of at least 4 members (excludes halogenated alkanes) is 25. The van der Waals surface area contributed by atoms with Crippen LogP contribution in [0.25, 0.3) is 0 Å². The van der Waals surface area contributed by atoms with Crippen LogP contribution in [0.3, 0.4) is 0 Å². The van der Waals surface area contributed by atoms with E-state index in [9.17, 15) is 19.5 Å². The number of carbonyl (C=O) groups excluding carboxylic acids is 2. The summed E-state index contributed by atoms with van der Waals surface area (Å²) in [5.74, 6) is -1.48. The van der Waals surface area contributed by atoms with Gasteiger partial charge >= 0.3 is 17.9 Å². The van der Waals surface area contributed by atoms with E-state index in [0.717, 1.165) is 70.6 Å². The summed E-state index contributed by atoms with van der Waals surface area (Å²) in [6.07, 6.45) is 61.3. The van der Waals surface area contributed by atoms with E-state index >= 15 is 0 Å². The van der Waals surface area contributed by atoms with Gasteiger partial charge in [0, 0.05) is 19.3 Å². The van der Waals surface area contributed by atoms with Crippen LogP contribution in [-0.4, -0.2) is 80.6 Å². The number of aliphatic carboxylic acids is 1. The van der Waals surface area contributed by atoms with Gasteiger partial charge in [0.25, 0.3) is 0 Å². The highest BCUT2D eigenvalue weighted by molar-refractivity contribution is 5.72. The highest BCUT2D eigenvalue weighted by atomic mass is 16.6. The molecule has 0 fully saturated rings. The number of carboxylic acid groups (broad SMARTS) is 1. The van der Waals surface area contributed by atoms with E-state index in [2.05, 4.69) is 74.6 Å². The molecule has 0 aliphatic heterocycles. The molecule has 1 N–H and O–H groups in total. The minimum Gasteiger partial charge on any atom is -0.477 e. The van der Waals surface area contributed by atoms with Crippen LogP contribution in [0.4, 0.5) is 0 Å². The lowest BCUT2D eigenvalue weighted by molar-refractivity contribution is -0.887. The molecule has 2 unspecified atom stereocenters. The number of hydrogen-bond acceptors (Lipinski definition) is 6. The Bertz CT molecular complexity index is 1260. The second kappa shape index (κ2) is 48.5. The fourth-order valence-electron chi connectivity index (χ4n) is 7.96. The van der Waals surface area contributed by atoms with E-state index in [1.54, 1.807) is 0 Å². The van der Waals surface area contributed by atoms with E-state index in [0.29, 0.717) is 19.3 Å². The van der Waals surface area contributed by atoms with E-state index in [-0.39, 0.29) is 36.2 Å². The Morgan fingerprint density at radius 3 is 1.26 bits per heavy atom. The Morgan fingerprint density at radius 2 is 0.848 bits per heavy atom. The van der Waals surface area contributed by atoms with Crippen molar-refractivity contribution in [3.8, 4) is 0 Å². The largest absolute Gasteiger partial charge is 0.477 e. The number of hydrogen-bond donors (Lipinski definition) is 1. The molecule has 0 saturated heterocycles. The Hall–Kier alpha value is -2.97. The molecular formula is C58H104NO7+. The summed E-state index contributed by atoms with van der Waals surface area (Å²) < 4.78 is 17.4. The van der Waals surface area contributed by atoms with Gasteiger partial charge in [-0.2, -0.15) is 0 Å². The first-order valence-electron chi connectivity index (χ1n) is 27.3. The molecule has 0 saturated carbocycles. The molecule has 0 bridgehead atoms. The zero-order valence-electron chi connectivity index (χ0n) is 43.6. The van der Waals surface area contributed by atoms with Crippen LogP contribution in [0.5, 0.6) is 0 Å². The van der Waals surface area contributed by atoms with Crippen LogP contribution in [0.15, 0.2) is 60.8 Å². The van der Waals surface area contributed by atoms with Gasteiger partial charge in [0.05, 0.1) is 34.4 Å². The Labute approximate surface area is 407 Å². The van der Waals surface area contributed by atoms with Crippen LogP contribution in [-0.2, 0) is 28.6 Å². The third-order valence-electron chi connectivity index (χ3n) is 12.2. The normalized spacial score (nSPS) is 13.3. The SMILES string of the molecule is CC/C=C/C/C=C/C/C=C/CCCCCCCCCCCCC(=O)OC(COCCC(C(=O)O)[N+](C)(C)C)COC(=O)CCCCCCCCC/C=C/C/C=C/CCCCCCCCCC. The fraction of sp³-hybridized carbons (Fsp3) is 0.776. The lowest BCUT2D eigenvalue weighted by Gasteiger charge is -2.31. The number of carboxylic acids is 1. The van der Waals surface area contributed by atoms with Crippen molar-refractivity contribution >= 4 is 17.9 Å². The number of carbonyl (C=O) groups is 3. The van der Waals surface area contributed by atoms with Gasteiger partial charge in [-0.25, -0.2) is 4.79 Å². The maximum atomic E-state index is 12.8. The van der Waals surface area contributed by atoms with Gasteiger partial charge in [-0.15, -0.1) is 0 Å². The molecule has 0 spiro atoms. The molecule has 0 aliphatic carbocycles. The van der Waals surface area contributed by atoms with Crippen LogP contribution in [0.2, 0.25) is 0 Å². The number of quaternary nitrogens is 1. The molecule has 0 aromatic rings. The summed E-state index contributed by atoms with van der Waals surface area (Å²) in [6.45, 7) is 4.64. The summed E-state index contributed by atoms with van der Waals surface area (Å²) in [6, 6.07) is -0.619. The number of nitrogens with zero attached hydrogens (tertiary/aromatic N) is 1. The first kappa shape index (κ1) is 63.0. The third-order valence-corrected chi connectivity index (χ3v) is 12.2. The maximum Gasteiger partial charge on any atom is 0.362 e. The van der Waals surface area contributed by atoms with Gasteiger partial charge in [0.1, 0.15) is 6.61 Å². The summed E-state index contributed by atoms with van der Waals surface area (Å²) in [4.78, 5) is 37.2. The van der Waals surface area contributed by atoms with Crippen LogP contribution in [0.1, 0.15) is 239 Å². The molecule has 382 valence electrons. The van der Waals surface area contributed by atoms with Crippen LogP contribution in [0, 0.1) is 0 Å². The second-order valence-electron chi connectivity index (χ2n) is 19.5. The molecule has 8 nitrogen and oxygen atoms in total. The first-order chi connectivity index (χ1) is 32.1. The molecular weight excluding hydrogens is 823 g/mol. The monoisotopic (exact) mass is 927 g/mol. The fourth-order valence-corrected chi connectivity index (χ4v) is 7.96. The van der Waals surface area contributed by atoms with Crippen LogP contribution >= 0.6 is 0 Å². The Morgan fingerprint density at radius 1 is 0.470 bits per heavy atom. The number of ether oxygens (including phenoxy) is 3. The van der Waals surface area contributed by atoms with Gasteiger partial charge < -0.3 is 23.8 Å². The highest BCUT2D eigenvalue weighted by Crippen LogP contribution is 2.15. The van der Waals surface area contributed by atoms with E-state index in [1.807, 2.05) is 21.1 Å². The molecule has 8 heteroatoms. The lowest BCUT2D eigenvalue weighted by Crippen LogP contribution is -2.50. The number of rotatable bonds is 49. The summed E-state index contributed by atoms with van der Waals surface area (Å²) in [5.41, 5.74) is 0. The predicted molar refractivity (Wildman–Crippen MR) is 280 cm³/mol. The van der Waals surface area contributed by atoms with Crippen molar-refractivity contribution in [2.24, 2.45) is 0 Å². The van der Waals surface area contributed by atoms with Gasteiger partial charge in [-0.3, -0.25) is 9.59 Å². The van der Waals surface area contributed by atoms with Gasteiger partial charge in [0.15, 0.2) is 12.1 Å². The Balaban J connectivity index is 4.22. The lowest BCUT2D eigenvalue weighted by atomic mass is 10.0. The van der Waals surface area contributed by atoms with E-state index in [4.69, 9.17) is 14.2 Å². The smallest absolute Gasteiger partial charge is 0.362 e. The number of esters is 2. The first-order valence-corrected chi connectivity index (χ1v) is 27.3. The minimum absolute atomic E-state index is 0.0560. The number of likely N-dealkylation sites (N-methyl/N-ethyl adjacent to an activating group) is 1. The molecule has 0 heterocycles. The molecule has 0 amide bonds. The molecule has 0 rings (SSSR count). The van der Waals surface area contributed by atoms with Gasteiger partial charge in [-0.1, -0.05) is 203 Å². The average molecular weight is 927 g/mol. The summed E-state index contributed by atoms with van der Waals surface area (Å²) in [7, 11) is 5.54. The topological polar surface area (TPSA) is 99.1 Å². The van der Waals surface area contributed by atoms with Crippen molar-refractivity contribution in [1.29, 1.82) is 0 Å². The number of allylic oxidation sites excluding steroid dienone is 10. The van der Waals surface area contributed by atoms with Crippen molar-refractivity contribution < 1.29 is 38.2 Å². The van der Waals surface area contributed by atoms with Crippen molar-refractivity contribution in [3.63, 3.8) is 0 Å². The predicted octanol–water partition coefficient (Wildman–Crippen LogP) is 16.1. The van der Waals surface area contributed by atoms with Gasteiger partial charge in [-0.05, 0) is 77.0 Å². The second-order valence-corrected chi connectivity index (χ2v) is 19.5. The zero-order chi connectivity index (χ0) is 48.4. The van der Waals surface area contributed by atoms with E-state index < -0.39 is 18.1 Å². The standard InChI is InChI=1S/C58H103NO7/c1-6-8-10-12-14-16-18-20-22-24-26-28-29-31-32-34-36-38-40-42-44-46-48-56(60)65-53-54(52-64-51-50-55(58(62)63)59(3,4)5)66-57(61)49-47-45-43-41-39-37-35-33-30-27-25-23-21-19-17-15-13-11-9-7-2/h9,11,15,17,21,23-24,26,29,31,54-55H,6-8,10,12-14,16,18-20,22,25,27-28,30,32-53H2,1-5H3/p+1/b11-9+,17-15+,23-21+,26-24+,31-29+. The highest BCUT2D eigenvalue weighted by Gasteiger charge is 2.31. The summed E-state index contributed by atoms with van der Waals surface area (Å²) in [5, 5.41) is 9.67. The molecule has 0 aromatic heterocycles. The minimum atomic E-state index is -0.876. The van der Waals surface area contributed by atoms with Crippen molar-refractivity contribution in [2.75, 3.05) is 41.0 Å².